The third-order valence-electron chi connectivity index (χ3n) is 7.15. The van der Waals surface area contributed by atoms with Crippen molar-refractivity contribution >= 4 is 27.5 Å². The van der Waals surface area contributed by atoms with Crippen molar-refractivity contribution in [3.8, 4) is 0 Å². The number of sulfonamides is 1. The number of aryl methyl sites for hydroxylation is 1. The van der Waals surface area contributed by atoms with Crippen molar-refractivity contribution in [2.75, 3.05) is 29.3 Å². The van der Waals surface area contributed by atoms with Crippen molar-refractivity contribution in [2.24, 2.45) is 0 Å². The Balaban J connectivity index is 1.43. The van der Waals surface area contributed by atoms with Gasteiger partial charge in [-0.05, 0) is 43.5 Å². The zero-order chi connectivity index (χ0) is 28.2. The summed E-state index contributed by atoms with van der Waals surface area (Å²) in [6, 6.07) is 6.66. The summed E-state index contributed by atoms with van der Waals surface area (Å²) in [5.74, 6) is -4.23. The zero-order valence-electron chi connectivity index (χ0n) is 21.2. The number of hydrogen-bond acceptors (Lipinski definition) is 6. The highest BCUT2D eigenvalue weighted by Crippen LogP contribution is 2.46. The first-order valence-corrected chi connectivity index (χ1v) is 13.7. The minimum Gasteiger partial charge on any atom is -0.347 e. The Morgan fingerprint density at radius 2 is 1.69 bits per heavy atom. The third-order valence-corrected chi connectivity index (χ3v) is 8.51. The molecule has 13 heteroatoms. The number of halogens is 4. The van der Waals surface area contributed by atoms with Gasteiger partial charge in [-0.25, -0.2) is 35.9 Å². The number of anilines is 2. The number of hydrogen-bond donors (Lipinski definition) is 2. The van der Waals surface area contributed by atoms with Crippen LogP contribution >= 0.6 is 0 Å². The first kappa shape index (κ1) is 26.9. The fraction of sp³-hybridized carbons (Fsp3) is 0.346. The molecule has 2 fully saturated rings. The summed E-state index contributed by atoms with van der Waals surface area (Å²) in [6.07, 6.45) is 3.67. The Morgan fingerprint density at radius 3 is 2.28 bits per heavy atom. The number of alkyl halides is 2. The molecule has 206 valence electrons. The number of amidine groups is 1. The van der Waals surface area contributed by atoms with Gasteiger partial charge in [0, 0.05) is 37.7 Å². The SMILES string of the molecule is Cc1ccc(F)c(NS(=O)(=O)c2ccc(C(C)(F)F)cc2)c1C(=N)N1CCN(c2ncc(F)cn2)CC12CC2. The van der Waals surface area contributed by atoms with Gasteiger partial charge in [-0.1, -0.05) is 18.2 Å². The van der Waals surface area contributed by atoms with Crippen LogP contribution in [0, 0.1) is 24.0 Å². The van der Waals surface area contributed by atoms with Gasteiger partial charge in [-0.2, -0.15) is 0 Å². The molecule has 1 saturated carbocycles. The molecule has 0 bridgehead atoms. The van der Waals surface area contributed by atoms with Crippen LogP contribution in [0.2, 0.25) is 0 Å². The highest BCUT2D eigenvalue weighted by atomic mass is 32.2. The molecule has 1 saturated heterocycles. The second-order valence-corrected chi connectivity index (χ2v) is 11.7. The Bertz CT molecular complexity index is 1520. The molecule has 5 rings (SSSR count). The van der Waals surface area contributed by atoms with Crippen LogP contribution in [0.3, 0.4) is 0 Å². The van der Waals surface area contributed by atoms with Crippen LogP contribution < -0.4 is 9.62 Å². The quantitative estimate of drug-likeness (QED) is 0.258. The van der Waals surface area contributed by atoms with Gasteiger partial charge in [0.05, 0.1) is 28.5 Å². The molecule has 1 aromatic heterocycles. The van der Waals surface area contributed by atoms with Gasteiger partial charge in [0.15, 0.2) is 5.82 Å². The monoisotopic (exact) mass is 562 g/mol. The summed E-state index contributed by atoms with van der Waals surface area (Å²) < 4.78 is 84.1. The summed E-state index contributed by atoms with van der Waals surface area (Å²) in [4.78, 5) is 11.5. The number of piperazine rings is 1. The second-order valence-electron chi connectivity index (χ2n) is 9.98. The molecule has 1 spiro atoms. The van der Waals surface area contributed by atoms with E-state index < -0.39 is 33.1 Å². The van der Waals surface area contributed by atoms with Crippen molar-refractivity contribution in [3.63, 3.8) is 0 Å². The third kappa shape index (κ3) is 5.14. The van der Waals surface area contributed by atoms with Crippen molar-refractivity contribution in [1.82, 2.24) is 14.9 Å². The molecule has 2 aliphatic rings. The van der Waals surface area contributed by atoms with Gasteiger partial charge in [0.25, 0.3) is 15.9 Å². The molecule has 0 unspecified atom stereocenters. The van der Waals surface area contributed by atoms with E-state index in [-0.39, 0.29) is 27.5 Å². The highest BCUT2D eigenvalue weighted by molar-refractivity contribution is 7.92. The molecule has 1 aliphatic heterocycles. The van der Waals surface area contributed by atoms with Crippen LogP contribution in [0.15, 0.2) is 53.7 Å². The van der Waals surface area contributed by atoms with E-state index in [4.69, 9.17) is 5.41 Å². The van der Waals surface area contributed by atoms with E-state index in [1.165, 1.54) is 6.07 Å². The van der Waals surface area contributed by atoms with Crippen LogP contribution in [0.25, 0.3) is 0 Å². The Morgan fingerprint density at radius 1 is 1.05 bits per heavy atom. The molecule has 3 aromatic rings. The molecular formula is C26H26F4N6O2S. The minimum absolute atomic E-state index is 0.0390. The molecule has 2 aromatic carbocycles. The summed E-state index contributed by atoms with van der Waals surface area (Å²) in [7, 11) is -4.37. The predicted octanol–water partition coefficient (Wildman–Crippen LogP) is 4.66. The van der Waals surface area contributed by atoms with Crippen LogP contribution in [0.5, 0.6) is 0 Å². The summed E-state index contributed by atoms with van der Waals surface area (Å²) >= 11 is 0. The van der Waals surface area contributed by atoms with E-state index in [0.29, 0.717) is 38.1 Å². The molecule has 8 nitrogen and oxygen atoms in total. The smallest absolute Gasteiger partial charge is 0.270 e. The van der Waals surface area contributed by atoms with Gasteiger partial charge in [-0.15, -0.1) is 0 Å². The van der Waals surface area contributed by atoms with E-state index in [1.807, 2.05) is 9.80 Å². The van der Waals surface area contributed by atoms with E-state index >= 15 is 4.39 Å². The number of aromatic nitrogens is 2. The Kier molecular flexibility index (Phi) is 6.52. The van der Waals surface area contributed by atoms with Crippen molar-refractivity contribution < 1.29 is 26.0 Å². The van der Waals surface area contributed by atoms with Crippen LogP contribution in [-0.4, -0.2) is 54.3 Å². The number of nitrogens with zero attached hydrogens (tertiary/aromatic N) is 4. The topological polar surface area (TPSA) is 102 Å². The summed E-state index contributed by atoms with van der Waals surface area (Å²) in [5.41, 5.74) is -0.618. The largest absolute Gasteiger partial charge is 0.347 e. The standard InChI is InChI=1S/C26H26F4N6O2S/c1-16-3-8-20(28)22(34-39(37,38)19-6-4-17(5-7-19)25(2,29)30)21(16)23(31)36-12-11-35(15-26(36)9-10-26)24-32-13-18(27)14-33-24/h3-8,13-14,31,34H,9-12,15H2,1-2H3. The molecule has 0 amide bonds. The minimum atomic E-state index is -4.37. The fourth-order valence-electron chi connectivity index (χ4n) is 4.88. The number of nitrogens with one attached hydrogen (secondary N) is 2. The first-order valence-electron chi connectivity index (χ1n) is 12.2. The van der Waals surface area contributed by atoms with Crippen LogP contribution in [-0.2, 0) is 15.9 Å². The lowest BCUT2D eigenvalue weighted by molar-refractivity contribution is 0.0174. The van der Waals surface area contributed by atoms with Crippen molar-refractivity contribution in [2.45, 2.75) is 43.0 Å². The molecule has 2 heterocycles. The average molecular weight is 563 g/mol. The van der Waals surface area contributed by atoms with Crippen molar-refractivity contribution in [3.05, 3.63) is 77.1 Å². The normalized spacial score (nSPS) is 16.9. The molecule has 1 aliphatic carbocycles. The predicted molar refractivity (Wildman–Crippen MR) is 138 cm³/mol. The van der Waals surface area contributed by atoms with E-state index in [1.54, 1.807) is 6.92 Å². The molecule has 0 atom stereocenters. The maximum absolute atomic E-state index is 15.2. The number of rotatable bonds is 6. The lowest BCUT2D eigenvalue weighted by Gasteiger charge is -2.44. The van der Waals surface area contributed by atoms with E-state index in [2.05, 4.69) is 14.7 Å². The van der Waals surface area contributed by atoms with E-state index in [0.717, 1.165) is 55.6 Å². The maximum Gasteiger partial charge on any atom is 0.270 e. The van der Waals surface area contributed by atoms with E-state index in [9.17, 15) is 21.6 Å². The summed E-state index contributed by atoms with van der Waals surface area (Å²) in [6.45, 7) is 3.59. The lowest BCUT2D eigenvalue weighted by atomic mass is 10.0. The van der Waals surface area contributed by atoms with Crippen LogP contribution in [0.1, 0.15) is 36.5 Å². The van der Waals surface area contributed by atoms with Crippen LogP contribution in [0.4, 0.5) is 29.2 Å². The highest BCUT2D eigenvalue weighted by Gasteiger charge is 2.53. The Labute approximate surface area is 223 Å². The Hall–Kier alpha value is -3.74. The van der Waals surface area contributed by atoms with Gasteiger partial charge in [-0.3, -0.25) is 10.1 Å². The zero-order valence-corrected chi connectivity index (χ0v) is 22.0. The second kappa shape index (κ2) is 9.47. The number of benzene rings is 2. The molecule has 0 radical (unpaired) electrons. The molecule has 2 N–H and O–H groups in total. The average Bonchev–Trinajstić information content (AvgIpc) is 3.65. The molecular weight excluding hydrogens is 536 g/mol. The lowest BCUT2D eigenvalue weighted by Crippen LogP contribution is -2.57. The first-order chi connectivity index (χ1) is 18.3. The maximum atomic E-state index is 15.2. The van der Waals surface area contributed by atoms with Gasteiger partial charge in [0.2, 0.25) is 5.95 Å². The van der Waals surface area contributed by atoms with Crippen molar-refractivity contribution in [1.29, 1.82) is 5.41 Å². The van der Waals surface area contributed by atoms with Gasteiger partial charge >= 0.3 is 0 Å². The molecule has 39 heavy (non-hydrogen) atoms. The fourth-order valence-corrected chi connectivity index (χ4v) is 5.96. The van der Waals surface area contributed by atoms with Gasteiger partial charge < -0.3 is 9.80 Å². The van der Waals surface area contributed by atoms with Gasteiger partial charge in [0.1, 0.15) is 11.7 Å². The summed E-state index contributed by atoms with van der Waals surface area (Å²) in [5, 5.41) is 9.05.